The van der Waals surface area contributed by atoms with Crippen LogP contribution in [0.25, 0.3) is 0 Å². The van der Waals surface area contributed by atoms with E-state index in [1.165, 1.54) is 19.4 Å². The van der Waals surface area contributed by atoms with Gasteiger partial charge in [-0.2, -0.15) is 0 Å². The molecule has 1 heterocycles. The molecule has 0 saturated carbocycles. The molecule has 1 atom stereocenters. The number of thiocarbonyl (C=S) groups is 1. The van der Waals surface area contributed by atoms with E-state index in [4.69, 9.17) is 34.2 Å². The number of hydrogen-bond acceptors (Lipinski definition) is 8. The van der Waals surface area contributed by atoms with Gasteiger partial charge in [-0.3, -0.25) is 9.59 Å². The first kappa shape index (κ1) is 20.3. The number of hydrogen-bond donors (Lipinski definition) is 5. The number of carbonyl (C=O) groups excluding carboxylic acids is 2. The molecule has 0 aliphatic carbocycles. The Balaban J connectivity index is 3.08. The third-order valence-electron chi connectivity index (χ3n) is 2.95. The molecule has 0 radical (unpaired) electrons. The third kappa shape index (κ3) is 6.31. The quantitative estimate of drug-likeness (QED) is 0.284. The maximum Gasteiger partial charge on any atom is 0.271 e. The number of nitrogens with one attached hydrogen (secondary N) is 2. The molecule has 136 valence electrons. The fourth-order valence-electron chi connectivity index (χ4n) is 1.81. The normalized spacial score (nSPS) is 12.3. The van der Waals surface area contributed by atoms with Crippen LogP contribution in [0, 0.1) is 0 Å². The highest BCUT2D eigenvalue weighted by atomic mass is 32.1. The Hall–Kier alpha value is -2.79. The van der Waals surface area contributed by atoms with E-state index in [0.717, 1.165) is 0 Å². The molecule has 0 saturated heterocycles. The minimum absolute atomic E-state index is 0.0308. The molecule has 1 aromatic rings. The van der Waals surface area contributed by atoms with Crippen molar-refractivity contribution in [1.29, 1.82) is 0 Å². The van der Waals surface area contributed by atoms with Crippen LogP contribution in [-0.2, 0) is 9.53 Å². The second-order valence-corrected chi connectivity index (χ2v) is 5.41. The highest BCUT2D eigenvalue weighted by Crippen LogP contribution is 2.15. The number of rotatable bonds is 9. The summed E-state index contributed by atoms with van der Waals surface area (Å²) in [6, 6.07) is -0.634. The summed E-state index contributed by atoms with van der Waals surface area (Å²) < 4.78 is 4.88. The summed E-state index contributed by atoms with van der Waals surface area (Å²) >= 11 is 5.13. The Labute approximate surface area is 150 Å². The Morgan fingerprint density at radius 1 is 1.40 bits per heavy atom. The number of nitrogens with two attached hydrogens (primary N) is 3. The first-order chi connectivity index (χ1) is 11.8. The summed E-state index contributed by atoms with van der Waals surface area (Å²) in [6.07, 6.45) is 3.17. The zero-order valence-electron chi connectivity index (χ0n) is 13.9. The van der Waals surface area contributed by atoms with E-state index in [2.05, 4.69) is 20.6 Å². The van der Waals surface area contributed by atoms with Crippen LogP contribution in [0.5, 0.6) is 0 Å². The minimum atomic E-state index is -0.792. The monoisotopic (exact) mass is 367 g/mol. The van der Waals surface area contributed by atoms with E-state index in [0.29, 0.717) is 12.1 Å². The molecule has 0 bridgehead atoms. The van der Waals surface area contributed by atoms with E-state index in [1.807, 2.05) is 0 Å². The average molecular weight is 367 g/mol. The Morgan fingerprint density at radius 3 is 2.60 bits per heavy atom. The molecule has 1 unspecified atom stereocenters. The highest BCUT2D eigenvalue weighted by molar-refractivity contribution is 7.81. The molecule has 1 rings (SSSR count). The molecule has 1 aromatic heterocycles. The van der Waals surface area contributed by atoms with E-state index in [9.17, 15) is 9.59 Å². The largest absolute Gasteiger partial charge is 0.400 e. The smallest absolute Gasteiger partial charge is 0.271 e. The van der Waals surface area contributed by atoms with Gasteiger partial charge in [-0.1, -0.05) is 19.1 Å². The first-order valence-electron chi connectivity index (χ1n) is 7.27. The van der Waals surface area contributed by atoms with Gasteiger partial charge in [0.1, 0.15) is 16.8 Å². The molecule has 0 aliphatic heterocycles. The molecule has 11 heteroatoms. The van der Waals surface area contributed by atoms with Gasteiger partial charge in [-0.05, 0) is 12.5 Å². The van der Waals surface area contributed by atoms with Gasteiger partial charge in [-0.25, -0.2) is 9.97 Å². The van der Waals surface area contributed by atoms with Crippen molar-refractivity contribution in [2.24, 2.45) is 17.2 Å². The van der Waals surface area contributed by atoms with E-state index >= 15 is 0 Å². The fourth-order valence-corrected chi connectivity index (χ4v) is 2.06. The number of primary amides is 2. The van der Waals surface area contributed by atoms with Crippen LogP contribution in [0.15, 0.2) is 18.0 Å². The van der Waals surface area contributed by atoms with Gasteiger partial charge in [0.05, 0.1) is 12.8 Å². The summed E-state index contributed by atoms with van der Waals surface area (Å²) in [5, 5.41) is 5.56. The first-order valence-corrected chi connectivity index (χ1v) is 7.67. The van der Waals surface area contributed by atoms with Crippen molar-refractivity contribution >= 4 is 40.7 Å². The zero-order chi connectivity index (χ0) is 19.0. The predicted molar refractivity (Wildman–Crippen MR) is 97.8 cm³/mol. The van der Waals surface area contributed by atoms with Crippen molar-refractivity contribution in [3.05, 3.63) is 23.7 Å². The average Bonchev–Trinajstić information content (AvgIpc) is 2.52. The molecule has 0 spiro atoms. The number of methoxy groups -OCH3 is 1. The standard InChI is InChI=1S/C14H21N7O3S/c1-3-8(12(16)22)19-9-5-18-11(13(17)23)14(20-9)21-10(25)4-7(15)6-24-2/h4-5,8H,3,6,15H2,1-2H3,(H2,16,22)(H2,17,23)(H2,19,20,21,25)/b7-4-. The van der Waals surface area contributed by atoms with E-state index < -0.39 is 17.9 Å². The van der Waals surface area contributed by atoms with Crippen molar-refractivity contribution in [1.82, 2.24) is 9.97 Å². The Bertz CT molecular complexity index is 693. The lowest BCUT2D eigenvalue weighted by atomic mass is 10.2. The topological polar surface area (TPSA) is 171 Å². The number of anilines is 2. The van der Waals surface area contributed by atoms with Crippen LogP contribution >= 0.6 is 12.2 Å². The molecule has 10 nitrogen and oxygen atoms in total. The van der Waals surface area contributed by atoms with Crippen LogP contribution in [0.3, 0.4) is 0 Å². The van der Waals surface area contributed by atoms with Crippen LogP contribution in [0.4, 0.5) is 11.6 Å². The van der Waals surface area contributed by atoms with E-state index in [-0.39, 0.29) is 28.9 Å². The molecule has 0 aromatic carbocycles. The van der Waals surface area contributed by atoms with Crippen molar-refractivity contribution in [2.75, 3.05) is 24.4 Å². The molecular weight excluding hydrogens is 346 g/mol. The van der Waals surface area contributed by atoms with Crippen LogP contribution in [-0.4, -0.2) is 46.5 Å². The SMILES string of the molecule is CCC(Nc1cnc(C(N)=O)c(NC(=S)/C=C(\N)COC)n1)C(N)=O. The van der Waals surface area contributed by atoms with Gasteiger partial charge < -0.3 is 32.6 Å². The van der Waals surface area contributed by atoms with Crippen LogP contribution in [0.1, 0.15) is 23.8 Å². The summed E-state index contributed by atoms with van der Waals surface area (Å²) in [7, 11) is 1.49. The summed E-state index contributed by atoms with van der Waals surface area (Å²) in [6.45, 7) is 1.97. The van der Waals surface area contributed by atoms with Gasteiger partial charge in [-0.15, -0.1) is 0 Å². The minimum Gasteiger partial charge on any atom is -0.400 e. The van der Waals surface area contributed by atoms with Crippen molar-refractivity contribution < 1.29 is 14.3 Å². The lowest BCUT2D eigenvalue weighted by molar-refractivity contribution is -0.118. The highest BCUT2D eigenvalue weighted by Gasteiger charge is 2.17. The maximum atomic E-state index is 11.5. The zero-order valence-corrected chi connectivity index (χ0v) is 14.7. The van der Waals surface area contributed by atoms with E-state index in [1.54, 1.807) is 6.92 Å². The third-order valence-corrected chi connectivity index (χ3v) is 3.17. The van der Waals surface area contributed by atoms with Gasteiger partial charge in [0.25, 0.3) is 5.91 Å². The number of ether oxygens (including phenoxy) is 1. The lowest BCUT2D eigenvalue weighted by Gasteiger charge is -2.15. The molecule has 2 amide bonds. The molecule has 0 aliphatic rings. The van der Waals surface area contributed by atoms with Gasteiger partial charge >= 0.3 is 0 Å². The summed E-state index contributed by atoms with van der Waals surface area (Å²) in [5.41, 5.74) is 16.5. The second kappa shape index (κ2) is 9.49. The number of nitrogens with zero attached hydrogens (tertiary/aromatic N) is 2. The van der Waals surface area contributed by atoms with Crippen molar-refractivity contribution in [3.8, 4) is 0 Å². The summed E-state index contributed by atoms with van der Waals surface area (Å²) in [4.78, 5) is 31.1. The van der Waals surface area contributed by atoms with Gasteiger partial charge in [0.15, 0.2) is 11.5 Å². The number of carbonyl (C=O) groups is 2. The number of amides is 2. The Morgan fingerprint density at radius 2 is 2.08 bits per heavy atom. The van der Waals surface area contributed by atoms with Crippen LogP contribution in [0.2, 0.25) is 0 Å². The second-order valence-electron chi connectivity index (χ2n) is 4.97. The lowest BCUT2D eigenvalue weighted by Crippen LogP contribution is -2.35. The molecular formula is C14H21N7O3S. The van der Waals surface area contributed by atoms with Gasteiger partial charge in [0.2, 0.25) is 5.91 Å². The van der Waals surface area contributed by atoms with Crippen LogP contribution < -0.4 is 27.8 Å². The van der Waals surface area contributed by atoms with Crippen molar-refractivity contribution in [3.63, 3.8) is 0 Å². The van der Waals surface area contributed by atoms with Gasteiger partial charge in [0, 0.05) is 12.8 Å². The molecule has 25 heavy (non-hydrogen) atoms. The number of aromatic nitrogens is 2. The maximum absolute atomic E-state index is 11.5. The summed E-state index contributed by atoms with van der Waals surface area (Å²) in [5.74, 6) is -1.07. The van der Waals surface area contributed by atoms with Crippen molar-refractivity contribution in [2.45, 2.75) is 19.4 Å². The predicted octanol–water partition coefficient (Wildman–Crippen LogP) is -0.520. The molecule has 0 fully saturated rings. The fraction of sp³-hybridized carbons (Fsp3) is 0.357. The molecule has 8 N–H and O–H groups in total. The Kier molecular flexibility index (Phi) is 7.69.